The van der Waals surface area contributed by atoms with Crippen LogP contribution in [-0.4, -0.2) is 24.0 Å². The Hall–Kier alpha value is -1.10. The summed E-state index contributed by atoms with van der Waals surface area (Å²) in [6.45, 7) is 6.03. The molecule has 0 radical (unpaired) electrons. The molecule has 1 aliphatic rings. The molecule has 0 aromatic carbocycles. The minimum atomic E-state index is 0.562. The number of nitrogens with two attached hydrogens (primary N) is 1. The van der Waals surface area contributed by atoms with Crippen molar-refractivity contribution in [3.05, 3.63) is 15.6 Å². The van der Waals surface area contributed by atoms with E-state index in [0.29, 0.717) is 11.9 Å². The first kappa shape index (κ1) is 15.3. The van der Waals surface area contributed by atoms with Gasteiger partial charge in [0.2, 0.25) is 0 Å². The second-order valence-corrected chi connectivity index (χ2v) is 6.98. The molecule has 0 saturated carbocycles. The number of thiazole rings is 1. The fourth-order valence-corrected chi connectivity index (χ4v) is 3.47. The van der Waals surface area contributed by atoms with Gasteiger partial charge in [0, 0.05) is 24.4 Å². The molecule has 0 unspecified atom stereocenters. The van der Waals surface area contributed by atoms with Gasteiger partial charge in [-0.2, -0.15) is 0 Å². The van der Waals surface area contributed by atoms with E-state index < -0.39 is 0 Å². The maximum Gasteiger partial charge on any atom is 0.188 e. The summed E-state index contributed by atoms with van der Waals surface area (Å²) in [5.74, 6) is 1.24. The number of nitrogens with one attached hydrogen (secondary N) is 1. The molecule has 112 valence electrons. The summed E-state index contributed by atoms with van der Waals surface area (Å²) in [7, 11) is 0. The first-order valence-corrected chi connectivity index (χ1v) is 8.48. The van der Waals surface area contributed by atoms with Gasteiger partial charge in [0.25, 0.3) is 0 Å². The number of rotatable bonds is 6. The molecule has 20 heavy (non-hydrogen) atoms. The van der Waals surface area contributed by atoms with E-state index in [-0.39, 0.29) is 0 Å². The van der Waals surface area contributed by atoms with Crippen molar-refractivity contribution in [2.75, 3.05) is 13.1 Å². The maximum absolute atomic E-state index is 5.84. The third-order valence-electron chi connectivity index (χ3n) is 3.52. The van der Waals surface area contributed by atoms with E-state index in [9.17, 15) is 0 Å². The minimum Gasteiger partial charge on any atom is -0.370 e. The van der Waals surface area contributed by atoms with Crippen molar-refractivity contribution in [3.8, 4) is 0 Å². The van der Waals surface area contributed by atoms with Crippen molar-refractivity contribution in [3.63, 3.8) is 0 Å². The van der Waals surface area contributed by atoms with Crippen LogP contribution in [0, 0.1) is 5.92 Å². The van der Waals surface area contributed by atoms with Crippen LogP contribution >= 0.6 is 11.3 Å². The van der Waals surface area contributed by atoms with E-state index in [4.69, 9.17) is 10.7 Å². The van der Waals surface area contributed by atoms with Gasteiger partial charge in [-0.05, 0) is 38.0 Å². The molecule has 1 aromatic heterocycles. The van der Waals surface area contributed by atoms with Crippen LogP contribution in [0.15, 0.2) is 4.99 Å². The molecule has 0 spiro atoms. The number of nitrogens with zero attached hydrogens (tertiary/aromatic N) is 2. The first-order valence-electron chi connectivity index (χ1n) is 7.66. The van der Waals surface area contributed by atoms with Crippen LogP contribution in [-0.2, 0) is 19.3 Å². The highest BCUT2D eigenvalue weighted by atomic mass is 32.1. The van der Waals surface area contributed by atoms with Crippen molar-refractivity contribution in [1.29, 1.82) is 0 Å². The van der Waals surface area contributed by atoms with Crippen molar-refractivity contribution in [1.82, 2.24) is 10.3 Å². The molecule has 1 aromatic rings. The molecule has 1 aliphatic carbocycles. The Morgan fingerprint density at radius 1 is 1.40 bits per heavy atom. The number of aliphatic imine (C=N–C) groups is 1. The van der Waals surface area contributed by atoms with Gasteiger partial charge in [0.15, 0.2) is 5.96 Å². The number of fused-ring (bicyclic) bond motifs is 1. The van der Waals surface area contributed by atoms with Crippen LogP contribution in [0.3, 0.4) is 0 Å². The van der Waals surface area contributed by atoms with E-state index in [1.54, 1.807) is 0 Å². The molecule has 1 heterocycles. The average Bonchev–Trinajstić information content (AvgIpc) is 2.80. The lowest BCUT2D eigenvalue weighted by atomic mass is 10.0. The standard InChI is InChI=1S/C15H26N4S/c1-11(2)7-9-17-15(16)18-10-8-14-19-12-5-3-4-6-13(12)20-14/h11H,3-10H2,1-2H3,(H3,16,17,18). The van der Waals surface area contributed by atoms with Crippen LogP contribution in [0.25, 0.3) is 0 Å². The number of aryl methyl sites for hydroxylation is 2. The van der Waals surface area contributed by atoms with Gasteiger partial charge in [0.1, 0.15) is 0 Å². The summed E-state index contributed by atoms with van der Waals surface area (Å²) in [5, 5.41) is 4.42. The molecule has 5 heteroatoms. The predicted octanol–water partition coefficient (Wildman–Crippen LogP) is 2.51. The Balaban J connectivity index is 1.71. The second kappa shape index (κ2) is 7.62. The highest BCUT2D eigenvalue weighted by Crippen LogP contribution is 2.26. The zero-order valence-corrected chi connectivity index (χ0v) is 13.4. The normalized spacial score (nSPS) is 15.4. The highest BCUT2D eigenvalue weighted by molar-refractivity contribution is 7.11. The zero-order chi connectivity index (χ0) is 14.4. The summed E-state index contributed by atoms with van der Waals surface area (Å²) < 4.78 is 0. The molecule has 4 nitrogen and oxygen atoms in total. The third-order valence-corrected chi connectivity index (χ3v) is 4.74. The van der Waals surface area contributed by atoms with Crippen molar-refractivity contribution < 1.29 is 0 Å². The van der Waals surface area contributed by atoms with Crippen LogP contribution in [0.4, 0.5) is 0 Å². The molecular weight excluding hydrogens is 268 g/mol. The molecule has 0 bridgehead atoms. The van der Waals surface area contributed by atoms with Crippen LogP contribution in [0.2, 0.25) is 0 Å². The minimum absolute atomic E-state index is 0.562. The molecular formula is C15H26N4S. The lowest BCUT2D eigenvalue weighted by Crippen LogP contribution is -2.33. The average molecular weight is 294 g/mol. The fraction of sp³-hybridized carbons (Fsp3) is 0.733. The van der Waals surface area contributed by atoms with E-state index in [1.165, 1.54) is 34.8 Å². The van der Waals surface area contributed by atoms with Crippen LogP contribution in [0.1, 0.15) is 48.7 Å². The van der Waals surface area contributed by atoms with Gasteiger partial charge in [-0.25, -0.2) is 4.98 Å². The van der Waals surface area contributed by atoms with Gasteiger partial charge in [0.05, 0.1) is 10.7 Å². The number of hydrogen-bond acceptors (Lipinski definition) is 3. The van der Waals surface area contributed by atoms with E-state index in [1.807, 2.05) is 11.3 Å². The second-order valence-electron chi connectivity index (χ2n) is 5.81. The Morgan fingerprint density at radius 3 is 2.95 bits per heavy atom. The molecule has 2 rings (SSSR count). The Bertz CT molecular complexity index is 427. The summed E-state index contributed by atoms with van der Waals surface area (Å²) >= 11 is 1.88. The van der Waals surface area contributed by atoms with Gasteiger partial charge in [-0.15, -0.1) is 11.3 Å². The van der Waals surface area contributed by atoms with E-state index in [0.717, 1.165) is 32.4 Å². The highest BCUT2D eigenvalue weighted by Gasteiger charge is 2.14. The largest absolute Gasteiger partial charge is 0.370 e. The van der Waals surface area contributed by atoms with Gasteiger partial charge < -0.3 is 11.1 Å². The van der Waals surface area contributed by atoms with Gasteiger partial charge >= 0.3 is 0 Å². The van der Waals surface area contributed by atoms with Crippen LogP contribution in [0.5, 0.6) is 0 Å². The molecule has 0 saturated heterocycles. The fourth-order valence-electron chi connectivity index (χ4n) is 2.31. The third kappa shape index (κ3) is 4.78. The molecule has 0 atom stereocenters. The SMILES string of the molecule is CC(C)CCN=C(N)NCCc1nc2c(s1)CCCC2. The first-order chi connectivity index (χ1) is 9.65. The molecule has 0 amide bonds. The summed E-state index contributed by atoms with van der Waals surface area (Å²) in [4.78, 5) is 10.6. The number of aromatic nitrogens is 1. The molecule has 0 fully saturated rings. The van der Waals surface area contributed by atoms with Crippen molar-refractivity contribution in [2.24, 2.45) is 16.6 Å². The lowest BCUT2D eigenvalue weighted by molar-refractivity contribution is 0.595. The Kier molecular flexibility index (Phi) is 5.83. The summed E-state index contributed by atoms with van der Waals surface area (Å²) in [6.07, 6.45) is 7.03. The monoisotopic (exact) mass is 294 g/mol. The Morgan fingerprint density at radius 2 is 2.20 bits per heavy atom. The Labute approximate surface area is 125 Å². The molecule has 3 N–H and O–H groups in total. The predicted molar refractivity (Wildman–Crippen MR) is 86.4 cm³/mol. The van der Waals surface area contributed by atoms with Crippen LogP contribution < -0.4 is 11.1 Å². The van der Waals surface area contributed by atoms with Gasteiger partial charge in [-0.3, -0.25) is 4.99 Å². The maximum atomic E-state index is 5.84. The topological polar surface area (TPSA) is 63.3 Å². The summed E-state index contributed by atoms with van der Waals surface area (Å²) in [6, 6.07) is 0. The van der Waals surface area contributed by atoms with Gasteiger partial charge in [-0.1, -0.05) is 13.8 Å². The van der Waals surface area contributed by atoms with Crippen molar-refractivity contribution in [2.45, 2.75) is 52.4 Å². The van der Waals surface area contributed by atoms with E-state index in [2.05, 4.69) is 24.2 Å². The van der Waals surface area contributed by atoms with E-state index >= 15 is 0 Å². The quantitative estimate of drug-likeness (QED) is 0.626. The van der Waals surface area contributed by atoms with Crippen molar-refractivity contribution >= 4 is 17.3 Å². The number of hydrogen-bond donors (Lipinski definition) is 2. The molecule has 0 aliphatic heterocycles. The lowest BCUT2D eigenvalue weighted by Gasteiger charge is -2.06. The summed E-state index contributed by atoms with van der Waals surface area (Å²) in [5.41, 5.74) is 7.19. The number of guanidine groups is 1. The smallest absolute Gasteiger partial charge is 0.188 e. The zero-order valence-electron chi connectivity index (χ0n) is 12.6.